The van der Waals surface area contributed by atoms with Crippen LogP contribution in [-0.4, -0.2) is 51.5 Å². The van der Waals surface area contributed by atoms with Gasteiger partial charge in [0.25, 0.3) is 0 Å². The highest BCUT2D eigenvalue weighted by Crippen LogP contribution is 2.13. The monoisotopic (exact) mass is 774 g/mol. The fraction of sp³-hybridized carbons (Fsp3) is 0.885. The lowest BCUT2D eigenvalue weighted by Crippen LogP contribution is -2.32. The van der Waals surface area contributed by atoms with Crippen LogP contribution in [0.2, 0.25) is 0 Å². The normalized spacial score (nSPS) is 12.5. The number of rotatable bonds is 44. The summed E-state index contributed by atoms with van der Waals surface area (Å²) in [6, 6.07) is 0. The van der Waals surface area contributed by atoms with Crippen LogP contribution in [0, 0.1) is 0 Å². The predicted molar refractivity (Wildman–Crippen MR) is 251 cm³/mol. The van der Waals surface area contributed by atoms with Gasteiger partial charge >= 0.3 is 0 Å². The zero-order valence-corrected chi connectivity index (χ0v) is 38.9. The molecule has 0 spiro atoms. The Bertz CT molecular complexity index is 744. The van der Waals surface area contributed by atoms with Gasteiger partial charge < -0.3 is 14.4 Å². The number of ether oxygens (including phenoxy) is 2. The number of allylic oxidation sites excluding steroid dienone is 6. The van der Waals surface area contributed by atoms with Crippen LogP contribution in [0.3, 0.4) is 0 Å². The number of unbranched alkanes of at least 4 members (excludes halogenated alkanes) is 30. The van der Waals surface area contributed by atoms with Gasteiger partial charge in [0.1, 0.15) is 0 Å². The third kappa shape index (κ3) is 55.2. The molecule has 0 N–H and O–H groups in total. The number of hydrogen-bond donors (Lipinski definition) is 0. The molecule has 0 amide bonds. The topological polar surface area (TPSA) is 21.7 Å². The lowest BCUT2D eigenvalue weighted by Gasteiger charge is -2.21. The SMILES string of the molecule is C/C=C\CCCCCCCC.CCCCCCCC/C=C\CCCCCCCCOCC(CN(C)C)OCCCCCCCC/C=C\CCCCCCCC. The van der Waals surface area contributed by atoms with Gasteiger partial charge in [0.15, 0.2) is 0 Å². The Kier molecular flexibility index (Phi) is 54.3. The zero-order valence-electron chi connectivity index (χ0n) is 38.9. The maximum atomic E-state index is 6.22. The fourth-order valence-corrected chi connectivity index (χ4v) is 7.04. The Morgan fingerprint density at radius 1 is 0.382 bits per heavy atom. The molecule has 0 radical (unpaired) electrons. The van der Waals surface area contributed by atoms with Gasteiger partial charge in [-0.1, -0.05) is 205 Å². The van der Waals surface area contributed by atoms with E-state index in [2.05, 4.69) is 83.1 Å². The van der Waals surface area contributed by atoms with Crippen molar-refractivity contribution < 1.29 is 9.47 Å². The Hall–Kier alpha value is -0.900. The first kappa shape index (κ1) is 56.2. The Morgan fingerprint density at radius 3 is 1.04 bits per heavy atom. The number of nitrogens with zero attached hydrogens (tertiary/aromatic N) is 1. The van der Waals surface area contributed by atoms with Crippen LogP contribution in [0.4, 0.5) is 0 Å². The standard InChI is InChI=1S/C41H81NO2.C11H22/c1-5-7-9-11-13-15-17-19-21-23-25-27-29-31-33-35-37-43-40-41(39-42(3)4)44-38-36-34-32-30-28-26-24-22-20-18-16-14-12-10-8-6-2;1-3-5-7-9-11-10-8-6-4-2/h19-22,41H,5-18,23-40H2,1-4H3;3,5H,4,6-11H2,1-2H3/b21-19-,22-20-;5-3-. The molecular weight excluding hydrogens is 671 g/mol. The summed E-state index contributed by atoms with van der Waals surface area (Å²) in [7, 11) is 4.26. The smallest absolute Gasteiger partial charge is 0.0934 e. The molecule has 3 heteroatoms. The first-order valence-corrected chi connectivity index (χ1v) is 24.9. The number of likely N-dealkylation sites (N-methyl/N-ethyl adjacent to an activating group) is 1. The average molecular weight is 774 g/mol. The lowest BCUT2D eigenvalue weighted by molar-refractivity contribution is -0.0287. The minimum atomic E-state index is 0.197. The Balaban J connectivity index is 0. The predicted octanol–water partition coefficient (Wildman–Crippen LogP) is 17.3. The molecule has 1 atom stereocenters. The fourth-order valence-electron chi connectivity index (χ4n) is 7.04. The van der Waals surface area contributed by atoms with Crippen molar-refractivity contribution in [2.24, 2.45) is 0 Å². The third-order valence-electron chi connectivity index (χ3n) is 10.6. The second kappa shape index (κ2) is 53.1. The van der Waals surface area contributed by atoms with E-state index in [0.717, 1.165) is 26.4 Å². The quantitative estimate of drug-likeness (QED) is 0.0455. The van der Waals surface area contributed by atoms with Crippen molar-refractivity contribution in [3.05, 3.63) is 36.5 Å². The van der Waals surface area contributed by atoms with Gasteiger partial charge in [0.2, 0.25) is 0 Å². The molecule has 0 heterocycles. The van der Waals surface area contributed by atoms with Crippen LogP contribution in [0.25, 0.3) is 0 Å². The van der Waals surface area contributed by atoms with Gasteiger partial charge in [-0.15, -0.1) is 0 Å². The van der Waals surface area contributed by atoms with Crippen molar-refractivity contribution in [3.8, 4) is 0 Å². The van der Waals surface area contributed by atoms with Gasteiger partial charge in [-0.05, 0) is 98.1 Å². The van der Waals surface area contributed by atoms with Crippen LogP contribution in [-0.2, 0) is 9.47 Å². The van der Waals surface area contributed by atoms with E-state index in [0.29, 0.717) is 0 Å². The molecule has 55 heavy (non-hydrogen) atoms. The molecule has 1 unspecified atom stereocenters. The molecule has 0 aromatic carbocycles. The summed E-state index contributed by atoms with van der Waals surface area (Å²) in [5, 5.41) is 0. The minimum Gasteiger partial charge on any atom is -0.379 e. The van der Waals surface area contributed by atoms with Crippen molar-refractivity contribution in [1.82, 2.24) is 4.90 Å². The maximum absolute atomic E-state index is 6.22. The second-order valence-corrected chi connectivity index (χ2v) is 16.8. The molecule has 0 aliphatic heterocycles. The van der Waals surface area contributed by atoms with Crippen LogP contribution in [0.5, 0.6) is 0 Å². The van der Waals surface area contributed by atoms with Gasteiger partial charge in [-0.2, -0.15) is 0 Å². The van der Waals surface area contributed by atoms with Gasteiger partial charge in [-0.25, -0.2) is 0 Å². The zero-order chi connectivity index (χ0) is 40.4. The maximum Gasteiger partial charge on any atom is 0.0934 e. The summed E-state index contributed by atoms with van der Waals surface area (Å²) < 4.78 is 12.3. The second-order valence-electron chi connectivity index (χ2n) is 16.8. The lowest BCUT2D eigenvalue weighted by atomic mass is 10.1. The van der Waals surface area contributed by atoms with Crippen LogP contribution < -0.4 is 0 Å². The molecule has 328 valence electrons. The summed E-state index contributed by atoms with van der Waals surface area (Å²) in [6.07, 6.45) is 61.7. The summed E-state index contributed by atoms with van der Waals surface area (Å²) >= 11 is 0. The van der Waals surface area contributed by atoms with Crippen molar-refractivity contribution in [3.63, 3.8) is 0 Å². The van der Waals surface area contributed by atoms with E-state index < -0.39 is 0 Å². The van der Waals surface area contributed by atoms with E-state index in [-0.39, 0.29) is 6.10 Å². The third-order valence-corrected chi connectivity index (χ3v) is 10.6. The molecule has 0 aromatic rings. The average Bonchev–Trinajstić information content (AvgIpc) is 3.18. The molecule has 0 saturated carbocycles. The van der Waals surface area contributed by atoms with Crippen molar-refractivity contribution in [1.29, 1.82) is 0 Å². The Labute approximate surface area is 348 Å². The van der Waals surface area contributed by atoms with Crippen molar-refractivity contribution >= 4 is 0 Å². The van der Waals surface area contributed by atoms with Gasteiger partial charge in [0.05, 0.1) is 12.7 Å². The van der Waals surface area contributed by atoms with Gasteiger partial charge in [-0.3, -0.25) is 0 Å². The molecule has 0 saturated heterocycles. The van der Waals surface area contributed by atoms with Crippen molar-refractivity contribution in [2.45, 2.75) is 259 Å². The molecule has 0 rings (SSSR count). The Morgan fingerprint density at radius 2 is 0.691 bits per heavy atom. The molecule has 0 fully saturated rings. The first-order chi connectivity index (χ1) is 27.1. The summed E-state index contributed by atoms with van der Waals surface area (Å²) in [5.74, 6) is 0. The first-order valence-electron chi connectivity index (χ1n) is 24.9. The number of hydrogen-bond acceptors (Lipinski definition) is 3. The molecule has 0 bridgehead atoms. The highest BCUT2D eigenvalue weighted by Gasteiger charge is 2.11. The summed E-state index contributed by atoms with van der Waals surface area (Å²) in [5.41, 5.74) is 0. The summed E-state index contributed by atoms with van der Waals surface area (Å²) in [6.45, 7) is 12.4. The molecule has 0 aliphatic rings. The highest BCUT2D eigenvalue weighted by molar-refractivity contribution is 4.82. The van der Waals surface area contributed by atoms with E-state index in [4.69, 9.17) is 9.47 Å². The molecule has 0 aliphatic carbocycles. The van der Waals surface area contributed by atoms with E-state index in [1.807, 2.05) is 0 Å². The summed E-state index contributed by atoms with van der Waals surface area (Å²) in [4.78, 5) is 2.22. The van der Waals surface area contributed by atoms with Crippen LogP contribution >= 0.6 is 0 Å². The molecule has 0 aromatic heterocycles. The largest absolute Gasteiger partial charge is 0.379 e. The van der Waals surface area contributed by atoms with E-state index in [9.17, 15) is 0 Å². The molecular formula is C52H103NO2. The van der Waals surface area contributed by atoms with E-state index >= 15 is 0 Å². The van der Waals surface area contributed by atoms with E-state index in [1.165, 1.54) is 225 Å². The van der Waals surface area contributed by atoms with Crippen molar-refractivity contribution in [2.75, 3.05) is 40.5 Å². The highest BCUT2D eigenvalue weighted by atomic mass is 16.5. The van der Waals surface area contributed by atoms with Crippen LogP contribution in [0.1, 0.15) is 252 Å². The minimum absolute atomic E-state index is 0.197. The van der Waals surface area contributed by atoms with Crippen LogP contribution in [0.15, 0.2) is 36.5 Å². The van der Waals surface area contributed by atoms with Gasteiger partial charge in [0, 0.05) is 19.8 Å². The molecule has 3 nitrogen and oxygen atoms in total. The van der Waals surface area contributed by atoms with E-state index in [1.54, 1.807) is 0 Å².